The summed E-state index contributed by atoms with van der Waals surface area (Å²) in [7, 11) is 0. The number of aliphatic carboxylic acids is 1. The zero-order valence-electron chi connectivity index (χ0n) is 21.7. The van der Waals surface area contributed by atoms with Crippen molar-refractivity contribution in [1.82, 2.24) is 9.80 Å². The number of hydrogen-bond acceptors (Lipinski definition) is 3. The highest BCUT2D eigenvalue weighted by molar-refractivity contribution is 5.85. The Morgan fingerprint density at radius 3 is 2.08 bits per heavy atom. The average Bonchev–Trinajstić information content (AvgIpc) is 3.38. The van der Waals surface area contributed by atoms with Gasteiger partial charge in [-0.05, 0) is 74.9 Å². The van der Waals surface area contributed by atoms with Crippen LogP contribution in [-0.2, 0) is 22.6 Å². The minimum Gasteiger partial charge on any atom is -0.479 e. The number of benzene rings is 2. The van der Waals surface area contributed by atoms with Crippen LogP contribution in [-0.4, -0.2) is 51.5 Å². The Balaban J connectivity index is 1.84. The van der Waals surface area contributed by atoms with Crippen LogP contribution in [0, 0.1) is 20.8 Å². The molecule has 1 N–H and O–H groups in total. The van der Waals surface area contributed by atoms with Gasteiger partial charge in [-0.2, -0.15) is 0 Å². The number of carbonyl (C=O) groups is 2. The van der Waals surface area contributed by atoms with Gasteiger partial charge in [0.2, 0.25) is 0 Å². The van der Waals surface area contributed by atoms with E-state index in [0.29, 0.717) is 12.1 Å². The summed E-state index contributed by atoms with van der Waals surface area (Å²) in [5.41, 5.74) is 6.01. The fraction of sp³-hybridized carbons (Fsp3) is 0.500. The molecule has 1 atom stereocenters. The summed E-state index contributed by atoms with van der Waals surface area (Å²) in [4.78, 5) is 28.4. The van der Waals surface area contributed by atoms with Gasteiger partial charge in [-0.25, -0.2) is 18.4 Å². The largest absolute Gasteiger partial charge is 0.479 e. The Labute approximate surface area is 210 Å². The maximum absolute atomic E-state index is 13.8. The number of ether oxygens (including phenoxy) is 1. The Morgan fingerprint density at radius 1 is 1.00 bits per heavy atom. The minimum absolute atomic E-state index is 0.0248. The second-order valence-electron chi connectivity index (χ2n) is 11.0. The Hall–Kier alpha value is -3.00. The lowest BCUT2D eigenvalue weighted by Gasteiger charge is -2.29. The van der Waals surface area contributed by atoms with Crippen molar-refractivity contribution in [3.63, 3.8) is 0 Å². The van der Waals surface area contributed by atoms with Gasteiger partial charge in [0, 0.05) is 31.6 Å². The Morgan fingerprint density at radius 2 is 1.58 bits per heavy atom. The summed E-state index contributed by atoms with van der Waals surface area (Å²) in [5.74, 6) is -3.95. The monoisotopic (exact) mass is 500 g/mol. The molecule has 2 aromatic carbocycles. The van der Waals surface area contributed by atoms with E-state index in [0.717, 1.165) is 38.9 Å². The van der Waals surface area contributed by atoms with Crippen molar-refractivity contribution in [2.24, 2.45) is 0 Å². The maximum atomic E-state index is 13.8. The van der Waals surface area contributed by atoms with Crippen molar-refractivity contribution in [3.8, 4) is 11.1 Å². The third-order valence-electron chi connectivity index (χ3n) is 7.02. The second-order valence-corrected chi connectivity index (χ2v) is 11.0. The first kappa shape index (κ1) is 26.1. The normalized spacial score (nSPS) is 17.9. The van der Waals surface area contributed by atoms with Crippen LogP contribution in [0.1, 0.15) is 66.7 Å². The maximum Gasteiger partial charge on any atom is 0.337 e. The number of aryl methyl sites for hydroxylation is 1. The van der Waals surface area contributed by atoms with Gasteiger partial charge < -0.3 is 19.6 Å². The molecular formula is C28H34F2N2O4. The van der Waals surface area contributed by atoms with E-state index in [4.69, 9.17) is 4.74 Å². The summed E-state index contributed by atoms with van der Waals surface area (Å²) >= 11 is 0. The molecule has 4 rings (SSSR count). The molecular weight excluding hydrogens is 466 g/mol. The van der Waals surface area contributed by atoms with Crippen LogP contribution in [0.5, 0.6) is 0 Å². The molecule has 0 radical (unpaired) electrons. The second kappa shape index (κ2) is 9.14. The van der Waals surface area contributed by atoms with Crippen molar-refractivity contribution >= 4 is 12.0 Å². The first-order valence-electron chi connectivity index (χ1n) is 12.2. The van der Waals surface area contributed by atoms with Gasteiger partial charge in [0.05, 0.1) is 12.1 Å². The number of rotatable bonds is 4. The Kier molecular flexibility index (Phi) is 6.62. The highest BCUT2D eigenvalue weighted by atomic mass is 19.3. The number of halogens is 2. The highest BCUT2D eigenvalue weighted by Gasteiger charge is 2.43. The number of urea groups is 1. The van der Waals surface area contributed by atoms with Crippen LogP contribution in [0.2, 0.25) is 0 Å². The van der Waals surface area contributed by atoms with Crippen LogP contribution < -0.4 is 0 Å². The van der Waals surface area contributed by atoms with E-state index in [9.17, 15) is 23.5 Å². The number of likely N-dealkylation sites (tertiary alicyclic amines) is 1. The molecule has 0 saturated carbocycles. The minimum atomic E-state index is -2.86. The average molecular weight is 501 g/mol. The molecule has 2 aromatic rings. The van der Waals surface area contributed by atoms with Gasteiger partial charge in [-0.15, -0.1) is 0 Å². The molecule has 2 amide bonds. The van der Waals surface area contributed by atoms with Gasteiger partial charge in [0.15, 0.2) is 6.10 Å². The third kappa shape index (κ3) is 4.96. The van der Waals surface area contributed by atoms with Crippen molar-refractivity contribution in [1.29, 1.82) is 0 Å². The molecule has 0 unspecified atom stereocenters. The molecule has 2 aliphatic heterocycles. The molecule has 0 bridgehead atoms. The number of carboxylic acid groups (broad SMARTS) is 1. The van der Waals surface area contributed by atoms with Crippen molar-refractivity contribution < 1.29 is 28.2 Å². The number of fused-ring (bicyclic) bond motifs is 1. The quantitative estimate of drug-likeness (QED) is 0.559. The molecule has 6 nitrogen and oxygen atoms in total. The topological polar surface area (TPSA) is 70.1 Å². The number of nitrogens with zero attached hydrogens (tertiary/aromatic N) is 2. The number of carbonyl (C=O) groups excluding carboxylic acids is 1. The zero-order valence-corrected chi connectivity index (χ0v) is 21.7. The third-order valence-corrected chi connectivity index (χ3v) is 7.02. The van der Waals surface area contributed by atoms with Gasteiger partial charge in [-0.3, -0.25) is 0 Å². The van der Waals surface area contributed by atoms with E-state index >= 15 is 0 Å². The molecule has 2 aliphatic rings. The molecule has 36 heavy (non-hydrogen) atoms. The van der Waals surface area contributed by atoms with Gasteiger partial charge >= 0.3 is 12.0 Å². The molecule has 8 heteroatoms. The van der Waals surface area contributed by atoms with Gasteiger partial charge in [0.1, 0.15) is 0 Å². The number of carboxylic acids is 1. The van der Waals surface area contributed by atoms with Crippen molar-refractivity contribution in [3.05, 3.63) is 57.6 Å². The summed E-state index contributed by atoms with van der Waals surface area (Å²) in [5, 5.41) is 10.2. The lowest BCUT2D eigenvalue weighted by Crippen LogP contribution is -2.40. The summed E-state index contributed by atoms with van der Waals surface area (Å²) in [6, 6.07) is 7.47. The van der Waals surface area contributed by atoms with Crippen LogP contribution >= 0.6 is 0 Å². The van der Waals surface area contributed by atoms with E-state index in [-0.39, 0.29) is 19.5 Å². The molecule has 0 aromatic heterocycles. The van der Waals surface area contributed by atoms with E-state index in [1.54, 1.807) is 4.90 Å². The molecule has 2 heterocycles. The standard InChI is InChI=1S/C28H34F2N2O4/c1-16-7-9-19(10-8-16)22-17(2)20-13-32(26(35)31-12-11-28(29,30)15-31)14-21(20)18(3)23(22)24(25(33)34)36-27(4,5)6/h7-10,24H,11-15H2,1-6H3,(H,33,34)/t24-/m0/s1. The van der Waals surface area contributed by atoms with Crippen molar-refractivity contribution in [2.45, 2.75) is 78.7 Å². The van der Waals surface area contributed by atoms with Crippen LogP contribution in [0.25, 0.3) is 11.1 Å². The smallest absolute Gasteiger partial charge is 0.337 e. The van der Waals surface area contributed by atoms with Crippen molar-refractivity contribution in [2.75, 3.05) is 13.1 Å². The predicted molar refractivity (Wildman–Crippen MR) is 133 cm³/mol. The predicted octanol–water partition coefficient (Wildman–Crippen LogP) is 6.00. The number of alkyl halides is 2. The van der Waals surface area contributed by atoms with Crippen LogP contribution in [0.4, 0.5) is 13.6 Å². The summed E-state index contributed by atoms with van der Waals surface area (Å²) < 4.78 is 33.6. The lowest BCUT2D eigenvalue weighted by atomic mass is 9.83. The van der Waals surface area contributed by atoms with E-state index in [1.807, 2.05) is 65.8 Å². The first-order chi connectivity index (χ1) is 16.7. The molecule has 1 fully saturated rings. The molecule has 194 valence electrons. The fourth-order valence-corrected chi connectivity index (χ4v) is 5.26. The highest BCUT2D eigenvalue weighted by Crippen LogP contribution is 2.44. The van der Waals surface area contributed by atoms with E-state index < -0.39 is 36.2 Å². The van der Waals surface area contributed by atoms with Gasteiger partial charge in [-0.1, -0.05) is 29.8 Å². The zero-order chi connectivity index (χ0) is 26.6. The van der Waals surface area contributed by atoms with Gasteiger partial charge in [0.25, 0.3) is 5.92 Å². The fourth-order valence-electron chi connectivity index (χ4n) is 5.26. The van der Waals surface area contributed by atoms with Crippen LogP contribution in [0.3, 0.4) is 0 Å². The number of hydrogen-bond donors (Lipinski definition) is 1. The summed E-state index contributed by atoms with van der Waals surface area (Å²) in [6.07, 6.45) is -1.55. The SMILES string of the molecule is Cc1ccc(-c2c(C)c3c(c(C)c2[C@H](OC(C)(C)C)C(=O)O)CN(C(=O)N2CCC(F)(F)C2)C3)cc1. The lowest BCUT2D eigenvalue weighted by molar-refractivity contribution is -0.160. The first-order valence-corrected chi connectivity index (χ1v) is 12.2. The van der Waals surface area contributed by atoms with E-state index in [1.165, 1.54) is 4.90 Å². The summed E-state index contributed by atoms with van der Waals surface area (Å²) in [6.45, 7) is 11.2. The molecule has 0 aliphatic carbocycles. The van der Waals surface area contributed by atoms with E-state index in [2.05, 4.69) is 0 Å². The molecule has 0 spiro atoms. The molecule has 1 saturated heterocycles. The number of amides is 2. The van der Waals surface area contributed by atoms with Crippen LogP contribution in [0.15, 0.2) is 24.3 Å². The Bertz CT molecular complexity index is 1200.